The molecule has 0 spiro atoms. The fourth-order valence-corrected chi connectivity index (χ4v) is 4.44. The number of halogens is 2. The summed E-state index contributed by atoms with van der Waals surface area (Å²) in [6.07, 6.45) is 4.24. The molecule has 30 heavy (non-hydrogen) atoms. The van der Waals surface area contributed by atoms with Gasteiger partial charge in [0.25, 0.3) is 6.33 Å². The standard InChI is InChI=1S/C25H17ClN3.ClH/c26-21-12-6-4-11-20(21)24-25-23-19(18-10-5-7-13-22(18)27-23)14-15-28(25)16-29(24)17-8-2-1-3-9-17;/h1-16,27H;1H/q+1;/p-1. The van der Waals surface area contributed by atoms with E-state index in [1.807, 2.05) is 24.3 Å². The molecule has 1 N–H and O–H groups in total. The molecule has 0 radical (unpaired) electrons. The number of aromatic amines is 1. The number of fused-ring (bicyclic) bond motifs is 5. The van der Waals surface area contributed by atoms with E-state index in [0.717, 1.165) is 38.5 Å². The van der Waals surface area contributed by atoms with Crippen LogP contribution in [0.2, 0.25) is 5.02 Å². The highest BCUT2D eigenvalue weighted by molar-refractivity contribution is 6.33. The van der Waals surface area contributed by atoms with Gasteiger partial charge in [-0.25, -0.2) is 0 Å². The van der Waals surface area contributed by atoms with Gasteiger partial charge in [0, 0.05) is 21.9 Å². The molecule has 6 rings (SSSR count). The second kappa shape index (κ2) is 7.21. The van der Waals surface area contributed by atoms with E-state index in [4.69, 9.17) is 11.6 Å². The zero-order chi connectivity index (χ0) is 19.4. The van der Waals surface area contributed by atoms with Crippen LogP contribution in [-0.4, -0.2) is 9.55 Å². The van der Waals surface area contributed by atoms with Crippen molar-refractivity contribution in [1.82, 2.24) is 9.55 Å². The molecule has 5 heteroatoms. The van der Waals surface area contributed by atoms with Crippen LogP contribution in [0.3, 0.4) is 0 Å². The summed E-state index contributed by atoms with van der Waals surface area (Å²) < 4.78 is 4.38. The van der Waals surface area contributed by atoms with Gasteiger partial charge in [-0.05, 0) is 36.4 Å². The second-order valence-corrected chi connectivity index (χ2v) is 7.59. The Morgan fingerprint density at radius 1 is 0.767 bits per heavy atom. The van der Waals surface area contributed by atoms with Gasteiger partial charge in [-0.15, -0.1) is 0 Å². The number of nitrogens with zero attached hydrogens (tertiary/aromatic N) is 2. The van der Waals surface area contributed by atoms with Crippen LogP contribution in [0.25, 0.3) is 44.3 Å². The van der Waals surface area contributed by atoms with Crippen molar-refractivity contribution in [1.29, 1.82) is 0 Å². The molecule has 0 amide bonds. The first-order valence-electron chi connectivity index (χ1n) is 9.57. The van der Waals surface area contributed by atoms with E-state index < -0.39 is 0 Å². The van der Waals surface area contributed by atoms with E-state index in [0.29, 0.717) is 0 Å². The van der Waals surface area contributed by atoms with Gasteiger partial charge in [-0.2, -0.15) is 8.97 Å². The highest BCUT2D eigenvalue weighted by Crippen LogP contribution is 2.36. The van der Waals surface area contributed by atoms with Gasteiger partial charge < -0.3 is 17.4 Å². The average Bonchev–Trinajstić information content (AvgIpc) is 3.33. The highest BCUT2D eigenvalue weighted by atomic mass is 35.5. The van der Waals surface area contributed by atoms with Crippen LogP contribution in [0.5, 0.6) is 0 Å². The van der Waals surface area contributed by atoms with Gasteiger partial charge in [0.15, 0.2) is 5.69 Å². The summed E-state index contributed by atoms with van der Waals surface area (Å²) in [5.74, 6) is 0. The van der Waals surface area contributed by atoms with Gasteiger partial charge in [-0.1, -0.05) is 60.1 Å². The van der Waals surface area contributed by atoms with Crippen molar-refractivity contribution in [2.45, 2.75) is 0 Å². The van der Waals surface area contributed by atoms with Crippen molar-refractivity contribution >= 4 is 38.9 Å². The van der Waals surface area contributed by atoms with Gasteiger partial charge in [0.05, 0.1) is 16.7 Å². The predicted octanol–water partition coefficient (Wildman–Crippen LogP) is 3.17. The van der Waals surface area contributed by atoms with Crippen LogP contribution >= 0.6 is 11.6 Å². The van der Waals surface area contributed by atoms with E-state index in [2.05, 4.69) is 87.1 Å². The third kappa shape index (κ3) is 2.71. The van der Waals surface area contributed by atoms with Crippen molar-refractivity contribution in [3.05, 3.63) is 102 Å². The average molecular weight is 430 g/mol. The van der Waals surface area contributed by atoms with Gasteiger partial charge in [-0.3, -0.25) is 0 Å². The first-order valence-corrected chi connectivity index (χ1v) is 9.95. The second-order valence-electron chi connectivity index (χ2n) is 7.18. The lowest BCUT2D eigenvalue weighted by atomic mass is 10.1. The summed E-state index contributed by atoms with van der Waals surface area (Å²) in [6.45, 7) is 0. The van der Waals surface area contributed by atoms with Crippen molar-refractivity contribution in [3.63, 3.8) is 0 Å². The van der Waals surface area contributed by atoms with E-state index >= 15 is 0 Å². The summed E-state index contributed by atoms with van der Waals surface area (Å²) in [4.78, 5) is 3.64. The Labute approximate surface area is 184 Å². The predicted molar refractivity (Wildman–Crippen MR) is 119 cm³/mol. The van der Waals surface area contributed by atoms with E-state index in [-0.39, 0.29) is 12.4 Å². The van der Waals surface area contributed by atoms with E-state index in [1.165, 1.54) is 10.8 Å². The number of para-hydroxylation sites is 2. The zero-order valence-corrected chi connectivity index (χ0v) is 17.4. The summed E-state index contributed by atoms with van der Waals surface area (Å²) in [5.41, 5.74) is 6.52. The number of benzene rings is 3. The van der Waals surface area contributed by atoms with Crippen molar-refractivity contribution in [2.24, 2.45) is 0 Å². The SMILES string of the molecule is Clc1ccccc1-c1c2c3[nH]c4ccccc4c3cc[n+]2cn1-c1ccccc1.[Cl-]. The summed E-state index contributed by atoms with van der Waals surface area (Å²) >= 11 is 6.67. The molecule has 0 unspecified atom stereocenters. The third-order valence-electron chi connectivity index (χ3n) is 5.51. The van der Waals surface area contributed by atoms with Crippen LogP contribution < -0.4 is 16.8 Å². The molecule has 3 aromatic carbocycles. The molecule has 6 aromatic rings. The summed E-state index contributed by atoms with van der Waals surface area (Å²) in [6, 6.07) is 29.0. The minimum absolute atomic E-state index is 0. The summed E-state index contributed by atoms with van der Waals surface area (Å²) in [5, 5.41) is 3.17. The topological polar surface area (TPSA) is 24.8 Å². The smallest absolute Gasteiger partial charge is 0.254 e. The molecule has 0 aliphatic heterocycles. The lowest BCUT2D eigenvalue weighted by Crippen LogP contribution is -3.00. The van der Waals surface area contributed by atoms with E-state index in [1.54, 1.807) is 0 Å². The van der Waals surface area contributed by atoms with Crippen molar-refractivity contribution in [3.8, 4) is 16.9 Å². The highest BCUT2D eigenvalue weighted by Gasteiger charge is 2.26. The molecule has 0 saturated carbocycles. The minimum atomic E-state index is 0. The Morgan fingerprint density at radius 2 is 1.50 bits per heavy atom. The lowest BCUT2D eigenvalue weighted by molar-refractivity contribution is -0.510. The number of H-pyrrole nitrogens is 1. The first kappa shape index (κ1) is 18.7. The molecule has 0 aliphatic carbocycles. The van der Waals surface area contributed by atoms with Gasteiger partial charge >= 0.3 is 0 Å². The molecule has 146 valence electrons. The number of pyridine rings is 1. The maximum Gasteiger partial charge on any atom is 0.254 e. The molecule has 0 bridgehead atoms. The fourth-order valence-electron chi connectivity index (χ4n) is 4.21. The Balaban J connectivity index is 0.00000193. The number of aromatic nitrogens is 3. The molecule has 0 saturated heterocycles. The Morgan fingerprint density at radius 3 is 2.33 bits per heavy atom. The Bertz CT molecular complexity index is 1510. The zero-order valence-electron chi connectivity index (χ0n) is 15.9. The lowest BCUT2D eigenvalue weighted by Gasteiger charge is -2.04. The van der Waals surface area contributed by atoms with Crippen LogP contribution in [0, 0.1) is 0 Å². The van der Waals surface area contributed by atoms with Crippen LogP contribution in [0.4, 0.5) is 0 Å². The molecule has 3 nitrogen and oxygen atoms in total. The molecule has 3 aromatic heterocycles. The van der Waals surface area contributed by atoms with Crippen molar-refractivity contribution in [2.75, 3.05) is 0 Å². The molecule has 0 fully saturated rings. The number of hydrogen-bond acceptors (Lipinski definition) is 0. The monoisotopic (exact) mass is 429 g/mol. The minimum Gasteiger partial charge on any atom is -1.00 e. The molecule has 0 atom stereocenters. The third-order valence-corrected chi connectivity index (χ3v) is 5.84. The van der Waals surface area contributed by atoms with Gasteiger partial charge in [0.2, 0.25) is 5.52 Å². The van der Waals surface area contributed by atoms with Crippen molar-refractivity contribution < 1.29 is 16.8 Å². The maximum atomic E-state index is 6.67. The number of nitrogens with one attached hydrogen (secondary N) is 1. The summed E-state index contributed by atoms with van der Waals surface area (Å²) in [7, 11) is 0. The number of imidazole rings is 1. The number of hydrogen-bond donors (Lipinski definition) is 1. The Hall–Kier alpha value is -3.27. The molecule has 0 aliphatic rings. The quantitative estimate of drug-likeness (QED) is 0.409. The van der Waals surface area contributed by atoms with Crippen LogP contribution in [0.15, 0.2) is 97.5 Å². The largest absolute Gasteiger partial charge is 1.00 e. The fraction of sp³-hybridized carbons (Fsp3) is 0. The first-order chi connectivity index (χ1) is 14.3. The van der Waals surface area contributed by atoms with Crippen LogP contribution in [-0.2, 0) is 0 Å². The number of rotatable bonds is 2. The van der Waals surface area contributed by atoms with Crippen LogP contribution in [0.1, 0.15) is 0 Å². The maximum absolute atomic E-state index is 6.67. The molecular formula is C25H17Cl2N3. The normalized spacial score (nSPS) is 11.2. The molecular weight excluding hydrogens is 413 g/mol. The van der Waals surface area contributed by atoms with Gasteiger partial charge in [0.1, 0.15) is 5.69 Å². The molecule has 3 heterocycles. The Kier molecular flexibility index (Phi) is 4.50. The van der Waals surface area contributed by atoms with E-state index in [9.17, 15) is 0 Å².